The summed E-state index contributed by atoms with van der Waals surface area (Å²) in [6.45, 7) is 5.99. The first-order chi connectivity index (χ1) is 13.7. The first-order valence-corrected chi connectivity index (χ1v) is 9.77. The molecule has 0 radical (unpaired) electrons. The van der Waals surface area contributed by atoms with Gasteiger partial charge in [0, 0.05) is 11.7 Å². The Morgan fingerprint density at radius 2 is 1.90 bits per heavy atom. The van der Waals surface area contributed by atoms with Gasteiger partial charge in [-0.1, -0.05) is 25.5 Å². The number of nitrogens with zero attached hydrogens (tertiary/aromatic N) is 4. The van der Waals surface area contributed by atoms with Gasteiger partial charge in [0.2, 0.25) is 11.9 Å². The third-order valence-corrected chi connectivity index (χ3v) is 4.42. The molecule has 2 N–H and O–H groups in total. The molecular weight excluding hydrogens is 381 g/mol. The zero-order valence-corrected chi connectivity index (χ0v) is 16.7. The average Bonchev–Trinajstić information content (AvgIpc) is 3.45. The molecule has 3 rings (SSSR count). The summed E-state index contributed by atoms with van der Waals surface area (Å²) in [4.78, 5) is 16.7. The highest BCUT2D eigenvalue weighted by molar-refractivity contribution is 5.55. The minimum absolute atomic E-state index is 0.0419. The molecule has 1 aliphatic rings. The van der Waals surface area contributed by atoms with E-state index in [2.05, 4.69) is 43.6 Å². The quantitative estimate of drug-likeness (QED) is 0.621. The SMILES string of the molecule is CCCC(C)Nc1nc(NC(C)=CC2CC2)nc(-c2cccc(C(F)(F)F)n2)n1. The van der Waals surface area contributed by atoms with Crippen LogP contribution in [0.15, 0.2) is 30.0 Å². The van der Waals surface area contributed by atoms with Crippen LogP contribution in [-0.2, 0) is 6.18 Å². The molecule has 29 heavy (non-hydrogen) atoms. The van der Waals surface area contributed by atoms with Crippen molar-refractivity contribution in [1.29, 1.82) is 0 Å². The molecule has 0 saturated heterocycles. The number of nitrogens with one attached hydrogen (secondary N) is 2. The number of rotatable bonds is 8. The van der Waals surface area contributed by atoms with Crippen LogP contribution in [0.4, 0.5) is 25.1 Å². The molecule has 1 fully saturated rings. The summed E-state index contributed by atoms with van der Waals surface area (Å²) >= 11 is 0. The van der Waals surface area contributed by atoms with E-state index in [1.54, 1.807) is 0 Å². The largest absolute Gasteiger partial charge is 0.433 e. The van der Waals surface area contributed by atoms with Crippen LogP contribution in [0.2, 0.25) is 0 Å². The van der Waals surface area contributed by atoms with Crippen molar-refractivity contribution < 1.29 is 13.2 Å². The van der Waals surface area contributed by atoms with Crippen molar-refractivity contribution in [3.63, 3.8) is 0 Å². The van der Waals surface area contributed by atoms with Gasteiger partial charge >= 0.3 is 6.18 Å². The minimum Gasteiger partial charge on any atom is -0.352 e. The molecule has 6 nitrogen and oxygen atoms in total. The number of hydrogen-bond acceptors (Lipinski definition) is 6. The highest BCUT2D eigenvalue weighted by Crippen LogP contribution is 2.31. The Hall–Kier alpha value is -2.71. The minimum atomic E-state index is -4.54. The van der Waals surface area contributed by atoms with E-state index in [1.807, 2.05) is 13.8 Å². The van der Waals surface area contributed by atoms with E-state index in [9.17, 15) is 13.2 Å². The topological polar surface area (TPSA) is 75.6 Å². The fourth-order valence-electron chi connectivity index (χ4n) is 2.89. The lowest BCUT2D eigenvalue weighted by molar-refractivity contribution is -0.141. The Kier molecular flexibility index (Phi) is 6.34. The van der Waals surface area contributed by atoms with Gasteiger partial charge in [0.15, 0.2) is 5.82 Å². The lowest BCUT2D eigenvalue weighted by atomic mass is 10.2. The Morgan fingerprint density at radius 3 is 2.55 bits per heavy atom. The monoisotopic (exact) mass is 406 g/mol. The van der Waals surface area contributed by atoms with Crippen molar-refractivity contribution in [2.24, 2.45) is 5.92 Å². The van der Waals surface area contributed by atoms with Crippen LogP contribution >= 0.6 is 0 Å². The summed E-state index contributed by atoms with van der Waals surface area (Å²) in [5.41, 5.74) is -0.0434. The Labute approximate surface area is 168 Å². The standard InChI is InChI=1S/C20H25F3N6/c1-4-6-12(2)24-18-27-17(15-7-5-8-16(26-15)20(21,22)23)28-19(29-18)25-13(3)11-14-9-10-14/h5,7-8,11-12,14H,4,6,9-10H2,1-3H3,(H2,24,25,27,28,29). The van der Waals surface area contributed by atoms with Crippen LogP contribution in [0.5, 0.6) is 0 Å². The number of aromatic nitrogens is 4. The van der Waals surface area contributed by atoms with Crippen molar-refractivity contribution >= 4 is 11.9 Å². The highest BCUT2D eigenvalue weighted by atomic mass is 19.4. The second-order valence-corrected chi connectivity index (χ2v) is 7.36. The van der Waals surface area contributed by atoms with Gasteiger partial charge in [-0.05, 0) is 51.2 Å². The van der Waals surface area contributed by atoms with Crippen molar-refractivity contribution in [1.82, 2.24) is 19.9 Å². The Bertz CT molecular complexity index is 877. The fourth-order valence-corrected chi connectivity index (χ4v) is 2.89. The molecular formula is C20H25F3N6. The van der Waals surface area contributed by atoms with Crippen LogP contribution in [0.25, 0.3) is 11.5 Å². The molecule has 156 valence electrons. The molecule has 1 aliphatic carbocycles. The Morgan fingerprint density at radius 1 is 1.17 bits per heavy atom. The first kappa shape index (κ1) is 21.0. The molecule has 1 saturated carbocycles. The molecule has 0 bridgehead atoms. The van der Waals surface area contributed by atoms with Gasteiger partial charge < -0.3 is 10.6 Å². The van der Waals surface area contributed by atoms with Gasteiger partial charge in [0.25, 0.3) is 0 Å². The molecule has 0 aliphatic heterocycles. The third kappa shape index (κ3) is 6.13. The summed E-state index contributed by atoms with van der Waals surface area (Å²) in [7, 11) is 0. The molecule has 2 heterocycles. The van der Waals surface area contributed by atoms with Crippen molar-refractivity contribution in [3.8, 4) is 11.5 Å². The first-order valence-electron chi connectivity index (χ1n) is 9.77. The van der Waals surface area contributed by atoms with E-state index in [4.69, 9.17) is 0 Å². The Balaban J connectivity index is 1.95. The molecule has 2 aromatic heterocycles. The lowest BCUT2D eigenvalue weighted by Crippen LogP contribution is -2.18. The van der Waals surface area contributed by atoms with Crippen molar-refractivity contribution in [3.05, 3.63) is 35.7 Å². The molecule has 1 unspecified atom stereocenters. The smallest absolute Gasteiger partial charge is 0.352 e. The van der Waals surface area contributed by atoms with E-state index in [1.165, 1.54) is 12.1 Å². The van der Waals surface area contributed by atoms with Crippen LogP contribution in [0.1, 0.15) is 52.1 Å². The molecule has 9 heteroatoms. The maximum absolute atomic E-state index is 13.1. The third-order valence-electron chi connectivity index (χ3n) is 4.42. The summed E-state index contributed by atoms with van der Waals surface area (Å²) in [6.07, 6.45) is 1.79. The lowest BCUT2D eigenvalue weighted by Gasteiger charge is -2.15. The fraction of sp³-hybridized carbons (Fsp3) is 0.500. The van der Waals surface area contributed by atoms with Crippen molar-refractivity contribution in [2.45, 2.75) is 58.7 Å². The summed E-state index contributed by atoms with van der Waals surface area (Å²) < 4.78 is 39.2. The molecule has 2 aromatic rings. The van der Waals surface area contributed by atoms with Gasteiger partial charge in [-0.2, -0.15) is 28.1 Å². The summed E-state index contributed by atoms with van der Waals surface area (Å²) in [5, 5.41) is 6.32. The number of anilines is 2. The van der Waals surface area contributed by atoms with Gasteiger partial charge in [-0.15, -0.1) is 0 Å². The second kappa shape index (κ2) is 8.75. The van der Waals surface area contributed by atoms with E-state index >= 15 is 0 Å². The molecule has 1 atom stereocenters. The van der Waals surface area contributed by atoms with E-state index in [-0.39, 0.29) is 23.5 Å². The number of pyridine rings is 1. The molecule has 0 spiro atoms. The van der Waals surface area contributed by atoms with Gasteiger partial charge in [0.1, 0.15) is 11.4 Å². The normalized spacial score (nSPS) is 15.9. The zero-order chi connectivity index (χ0) is 21.0. The van der Waals surface area contributed by atoms with Crippen molar-refractivity contribution in [2.75, 3.05) is 10.6 Å². The van der Waals surface area contributed by atoms with Gasteiger partial charge in [-0.3, -0.25) is 0 Å². The second-order valence-electron chi connectivity index (χ2n) is 7.36. The molecule has 0 amide bonds. The summed E-state index contributed by atoms with van der Waals surface area (Å²) in [5.74, 6) is 1.22. The van der Waals surface area contributed by atoms with E-state index in [0.29, 0.717) is 11.9 Å². The van der Waals surface area contributed by atoms with Crippen LogP contribution in [0, 0.1) is 5.92 Å². The number of alkyl halides is 3. The number of halogens is 3. The predicted octanol–water partition coefficient (Wildman–Crippen LogP) is 5.28. The van der Waals surface area contributed by atoms with E-state index < -0.39 is 11.9 Å². The highest BCUT2D eigenvalue weighted by Gasteiger charge is 2.32. The van der Waals surface area contributed by atoms with E-state index in [0.717, 1.165) is 37.4 Å². The maximum Gasteiger partial charge on any atom is 0.433 e. The van der Waals surface area contributed by atoms with Crippen LogP contribution < -0.4 is 10.6 Å². The zero-order valence-electron chi connectivity index (χ0n) is 16.7. The summed E-state index contributed by atoms with van der Waals surface area (Å²) in [6, 6.07) is 3.79. The average molecular weight is 406 g/mol. The molecule has 0 aromatic carbocycles. The van der Waals surface area contributed by atoms with Gasteiger partial charge in [0.05, 0.1) is 0 Å². The predicted molar refractivity (Wildman–Crippen MR) is 106 cm³/mol. The maximum atomic E-state index is 13.1. The number of allylic oxidation sites excluding steroid dienone is 2. The van der Waals surface area contributed by atoms with Crippen LogP contribution in [-0.4, -0.2) is 26.0 Å². The van der Waals surface area contributed by atoms with Crippen LogP contribution in [0.3, 0.4) is 0 Å². The number of hydrogen-bond donors (Lipinski definition) is 2. The van der Waals surface area contributed by atoms with Gasteiger partial charge in [-0.25, -0.2) is 4.98 Å².